The molecule has 1 aromatic rings. The van der Waals surface area contributed by atoms with Gasteiger partial charge in [-0.1, -0.05) is 30.5 Å². The predicted molar refractivity (Wildman–Crippen MR) is 68.3 cm³/mol. The summed E-state index contributed by atoms with van der Waals surface area (Å²) in [4.78, 5) is 0. The Kier molecular flexibility index (Phi) is 3.57. The smallest absolute Gasteiger partial charge is 0.156 e. The van der Waals surface area contributed by atoms with Gasteiger partial charge in [0.2, 0.25) is 0 Å². The second-order valence-electron chi connectivity index (χ2n) is 4.41. The average Bonchev–Trinajstić information content (AvgIpc) is 2.76. The molecule has 2 N–H and O–H groups in total. The van der Waals surface area contributed by atoms with Crippen molar-refractivity contribution >= 4 is 27.5 Å². The van der Waals surface area contributed by atoms with E-state index >= 15 is 0 Å². The summed E-state index contributed by atoms with van der Waals surface area (Å²) < 4.78 is 14.2. The van der Waals surface area contributed by atoms with E-state index in [1.54, 1.807) is 6.07 Å². The highest BCUT2D eigenvalue weighted by Gasteiger charge is 2.36. The first-order valence-electron chi connectivity index (χ1n) is 5.45. The minimum atomic E-state index is -0.376. The molecule has 1 nitrogen and oxygen atoms in total. The molecular formula is C12H14BrClFN. The van der Waals surface area contributed by atoms with Crippen molar-refractivity contribution in [1.29, 1.82) is 0 Å². The highest BCUT2D eigenvalue weighted by atomic mass is 79.9. The lowest BCUT2D eigenvalue weighted by molar-refractivity contribution is 0.446. The lowest BCUT2D eigenvalue weighted by Crippen LogP contribution is -2.32. The summed E-state index contributed by atoms with van der Waals surface area (Å²) in [5.74, 6) is -0.376. The van der Waals surface area contributed by atoms with Crippen LogP contribution in [0.5, 0.6) is 0 Å². The number of nitrogens with two attached hydrogens (primary N) is 1. The minimum Gasteiger partial charge on any atom is -0.330 e. The van der Waals surface area contributed by atoms with Gasteiger partial charge in [0.1, 0.15) is 0 Å². The zero-order chi connectivity index (χ0) is 11.8. The molecule has 1 aromatic carbocycles. The molecule has 0 bridgehead atoms. The second-order valence-corrected chi connectivity index (χ2v) is 5.61. The van der Waals surface area contributed by atoms with E-state index < -0.39 is 0 Å². The van der Waals surface area contributed by atoms with Crippen molar-refractivity contribution in [3.63, 3.8) is 0 Å². The first kappa shape index (κ1) is 12.3. The van der Waals surface area contributed by atoms with Crippen molar-refractivity contribution in [2.75, 3.05) is 6.54 Å². The van der Waals surface area contributed by atoms with Crippen LogP contribution >= 0.6 is 27.5 Å². The molecule has 0 aliphatic heterocycles. The standard InChI is InChI=1S/C12H14BrClFN/c13-10-8(3-4-9(14)11(10)15)12(7-16)5-1-2-6-12/h3-4H,1-2,5-7,16H2. The van der Waals surface area contributed by atoms with Crippen LogP contribution in [0.3, 0.4) is 0 Å². The molecule has 1 fully saturated rings. The molecule has 0 amide bonds. The molecule has 1 aliphatic carbocycles. The Balaban J connectivity index is 2.51. The van der Waals surface area contributed by atoms with Gasteiger partial charge in [-0.3, -0.25) is 0 Å². The maximum absolute atomic E-state index is 13.7. The number of hydrogen-bond acceptors (Lipinski definition) is 1. The summed E-state index contributed by atoms with van der Waals surface area (Å²) in [6.45, 7) is 0.562. The largest absolute Gasteiger partial charge is 0.330 e. The van der Waals surface area contributed by atoms with Gasteiger partial charge in [-0.25, -0.2) is 4.39 Å². The van der Waals surface area contributed by atoms with Gasteiger partial charge in [-0.15, -0.1) is 0 Å². The van der Waals surface area contributed by atoms with E-state index in [9.17, 15) is 4.39 Å². The molecule has 0 radical (unpaired) electrons. The summed E-state index contributed by atoms with van der Waals surface area (Å²) >= 11 is 9.05. The Morgan fingerprint density at radius 2 is 2.00 bits per heavy atom. The van der Waals surface area contributed by atoms with Gasteiger partial charge < -0.3 is 5.73 Å². The fraction of sp³-hybridized carbons (Fsp3) is 0.500. The van der Waals surface area contributed by atoms with Gasteiger partial charge in [-0.2, -0.15) is 0 Å². The predicted octanol–water partition coefficient (Wildman–Crippen LogP) is 4.01. The van der Waals surface area contributed by atoms with Crippen LogP contribution in [0.4, 0.5) is 4.39 Å². The van der Waals surface area contributed by atoms with Crippen LogP contribution in [0.15, 0.2) is 16.6 Å². The maximum Gasteiger partial charge on any atom is 0.156 e. The van der Waals surface area contributed by atoms with E-state index in [0.717, 1.165) is 31.2 Å². The first-order chi connectivity index (χ1) is 7.60. The Morgan fingerprint density at radius 3 is 2.56 bits per heavy atom. The molecule has 16 heavy (non-hydrogen) atoms. The molecule has 0 atom stereocenters. The fourth-order valence-corrected chi connectivity index (χ4v) is 3.61. The van der Waals surface area contributed by atoms with Crippen molar-refractivity contribution in [2.45, 2.75) is 31.1 Å². The summed E-state index contributed by atoms with van der Waals surface area (Å²) in [5.41, 5.74) is 6.78. The molecule has 2 rings (SSSR count). The van der Waals surface area contributed by atoms with Crippen LogP contribution in [0.1, 0.15) is 31.2 Å². The molecule has 0 aromatic heterocycles. The van der Waals surface area contributed by atoms with Crippen molar-refractivity contribution in [1.82, 2.24) is 0 Å². The Bertz CT molecular complexity index is 402. The van der Waals surface area contributed by atoms with Gasteiger partial charge in [0.05, 0.1) is 9.50 Å². The van der Waals surface area contributed by atoms with E-state index in [-0.39, 0.29) is 16.3 Å². The molecule has 1 aliphatic rings. The van der Waals surface area contributed by atoms with Crippen LogP contribution in [-0.4, -0.2) is 6.54 Å². The molecule has 0 spiro atoms. The third-order valence-electron chi connectivity index (χ3n) is 3.56. The zero-order valence-electron chi connectivity index (χ0n) is 8.90. The quantitative estimate of drug-likeness (QED) is 0.821. The van der Waals surface area contributed by atoms with Gasteiger partial charge >= 0.3 is 0 Å². The van der Waals surface area contributed by atoms with E-state index in [2.05, 4.69) is 15.9 Å². The van der Waals surface area contributed by atoms with Gasteiger partial charge in [0.25, 0.3) is 0 Å². The van der Waals surface area contributed by atoms with Crippen LogP contribution in [0.2, 0.25) is 5.02 Å². The monoisotopic (exact) mass is 305 g/mol. The van der Waals surface area contributed by atoms with Crippen LogP contribution in [-0.2, 0) is 5.41 Å². The van der Waals surface area contributed by atoms with Crippen LogP contribution in [0, 0.1) is 5.82 Å². The van der Waals surface area contributed by atoms with Crippen LogP contribution < -0.4 is 5.73 Å². The van der Waals surface area contributed by atoms with Gasteiger partial charge in [0, 0.05) is 12.0 Å². The Labute approximate surface area is 108 Å². The molecule has 4 heteroatoms. The summed E-state index contributed by atoms with van der Waals surface area (Å²) in [7, 11) is 0. The van der Waals surface area contributed by atoms with Crippen molar-refractivity contribution in [3.8, 4) is 0 Å². The van der Waals surface area contributed by atoms with E-state index in [1.807, 2.05) is 6.07 Å². The van der Waals surface area contributed by atoms with Crippen molar-refractivity contribution < 1.29 is 4.39 Å². The van der Waals surface area contributed by atoms with Gasteiger partial charge in [0.15, 0.2) is 5.82 Å². The zero-order valence-corrected chi connectivity index (χ0v) is 11.2. The minimum absolute atomic E-state index is 0.0652. The molecule has 0 unspecified atom stereocenters. The van der Waals surface area contributed by atoms with Crippen molar-refractivity contribution in [3.05, 3.63) is 33.0 Å². The van der Waals surface area contributed by atoms with Crippen molar-refractivity contribution in [2.24, 2.45) is 5.73 Å². The second kappa shape index (κ2) is 4.63. The highest BCUT2D eigenvalue weighted by molar-refractivity contribution is 9.10. The lowest BCUT2D eigenvalue weighted by Gasteiger charge is -2.29. The Hall–Kier alpha value is -0.120. The van der Waals surface area contributed by atoms with E-state index in [0.29, 0.717) is 11.0 Å². The third-order valence-corrected chi connectivity index (χ3v) is 4.63. The van der Waals surface area contributed by atoms with E-state index in [1.165, 1.54) is 0 Å². The Morgan fingerprint density at radius 1 is 1.38 bits per heavy atom. The molecule has 0 saturated heterocycles. The molecule has 0 heterocycles. The average molecular weight is 307 g/mol. The maximum atomic E-state index is 13.7. The van der Waals surface area contributed by atoms with Gasteiger partial charge in [-0.05, 0) is 40.4 Å². The number of halogens is 3. The van der Waals surface area contributed by atoms with E-state index in [4.69, 9.17) is 17.3 Å². The summed E-state index contributed by atoms with van der Waals surface area (Å²) in [6.07, 6.45) is 4.38. The summed E-state index contributed by atoms with van der Waals surface area (Å²) in [6, 6.07) is 3.51. The number of hydrogen-bond donors (Lipinski definition) is 1. The molecule has 1 saturated carbocycles. The molecular weight excluding hydrogens is 292 g/mol. The van der Waals surface area contributed by atoms with Crippen LogP contribution in [0.25, 0.3) is 0 Å². The summed E-state index contributed by atoms with van der Waals surface area (Å²) in [5, 5.41) is 0.154. The number of rotatable bonds is 2. The SMILES string of the molecule is NCC1(c2ccc(Cl)c(F)c2Br)CCCC1. The topological polar surface area (TPSA) is 26.0 Å². The highest BCUT2D eigenvalue weighted by Crippen LogP contribution is 2.44. The lowest BCUT2D eigenvalue weighted by atomic mass is 9.79. The normalized spacial score (nSPS) is 19.0. The third kappa shape index (κ3) is 1.89. The first-order valence-corrected chi connectivity index (χ1v) is 6.62. The molecule has 88 valence electrons. The number of benzene rings is 1. The fourth-order valence-electron chi connectivity index (χ4n) is 2.57.